The lowest BCUT2D eigenvalue weighted by atomic mass is 10.2. The summed E-state index contributed by atoms with van der Waals surface area (Å²) in [5.74, 6) is -0.953. The molecule has 0 unspecified atom stereocenters. The first kappa shape index (κ1) is 21.5. The van der Waals surface area contributed by atoms with Crippen molar-refractivity contribution in [3.05, 3.63) is 39.9 Å². The number of hydrogen-bond donors (Lipinski definition) is 1. The van der Waals surface area contributed by atoms with Crippen LogP contribution in [0.1, 0.15) is 18.2 Å². The van der Waals surface area contributed by atoms with Crippen molar-refractivity contribution in [3.63, 3.8) is 0 Å². The molecular formula is C16H14ClF3N2O3S2. The number of nitrogens with zero attached hydrogens (tertiary/aromatic N) is 1. The summed E-state index contributed by atoms with van der Waals surface area (Å²) in [5, 5.41) is 4.06. The summed E-state index contributed by atoms with van der Waals surface area (Å²) in [6.45, 7) is 1.96. The number of carbonyl (C=O) groups is 2. The first-order chi connectivity index (χ1) is 12.7. The molecule has 0 spiro atoms. The van der Waals surface area contributed by atoms with Crippen LogP contribution in [0.5, 0.6) is 0 Å². The highest BCUT2D eigenvalue weighted by atomic mass is 35.5. The highest BCUT2D eigenvalue weighted by Crippen LogP contribution is 2.37. The summed E-state index contributed by atoms with van der Waals surface area (Å²) in [5.41, 5.74) is -0.480. The number of benzene rings is 1. The fourth-order valence-electron chi connectivity index (χ4n) is 1.92. The molecule has 0 bridgehead atoms. The second-order valence-corrected chi connectivity index (χ2v) is 7.42. The lowest BCUT2D eigenvalue weighted by Crippen LogP contribution is -2.14. The second kappa shape index (κ2) is 9.43. The number of thiazole rings is 1. The fourth-order valence-corrected chi connectivity index (χ4v) is 3.61. The van der Waals surface area contributed by atoms with Crippen molar-refractivity contribution in [3.8, 4) is 0 Å². The van der Waals surface area contributed by atoms with Gasteiger partial charge in [0.15, 0.2) is 5.13 Å². The van der Waals surface area contributed by atoms with Crippen LogP contribution in [0.4, 0.5) is 18.3 Å². The zero-order chi connectivity index (χ0) is 20.0. The fraction of sp³-hybridized carbons (Fsp3) is 0.312. The van der Waals surface area contributed by atoms with Crippen LogP contribution in [-0.4, -0.2) is 29.2 Å². The van der Waals surface area contributed by atoms with Gasteiger partial charge in [-0.1, -0.05) is 11.6 Å². The molecule has 0 aliphatic carbocycles. The number of anilines is 1. The lowest BCUT2D eigenvalue weighted by Gasteiger charge is -2.10. The smallest absolute Gasteiger partial charge is 0.417 e. The molecule has 0 aliphatic heterocycles. The van der Waals surface area contributed by atoms with Gasteiger partial charge >= 0.3 is 12.1 Å². The predicted octanol–water partition coefficient (Wildman–Crippen LogP) is 4.65. The summed E-state index contributed by atoms with van der Waals surface area (Å²) in [6, 6.07) is 3.46. The van der Waals surface area contributed by atoms with Crippen molar-refractivity contribution in [1.29, 1.82) is 0 Å². The zero-order valence-corrected chi connectivity index (χ0v) is 16.3. The van der Waals surface area contributed by atoms with Crippen molar-refractivity contribution in [1.82, 2.24) is 4.98 Å². The molecule has 27 heavy (non-hydrogen) atoms. The normalized spacial score (nSPS) is 11.3. The first-order valence-corrected chi connectivity index (χ1v) is 9.82. The molecule has 146 valence electrons. The third kappa shape index (κ3) is 6.71. The van der Waals surface area contributed by atoms with Crippen molar-refractivity contribution < 1.29 is 27.5 Å². The van der Waals surface area contributed by atoms with Crippen LogP contribution in [0, 0.1) is 0 Å². The van der Waals surface area contributed by atoms with E-state index in [1.165, 1.54) is 6.07 Å². The number of aromatic nitrogens is 1. The minimum absolute atomic E-state index is 0.0000453. The molecule has 11 heteroatoms. The van der Waals surface area contributed by atoms with Crippen molar-refractivity contribution >= 4 is 51.7 Å². The van der Waals surface area contributed by atoms with Crippen molar-refractivity contribution in [2.24, 2.45) is 0 Å². The van der Waals surface area contributed by atoms with Crippen LogP contribution >= 0.6 is 34.7 Å². The molecule has 1 N–H and O–H groups in total. The summed E-state index contributed by atoms with van der Waals surface area (Å²) < 4.78 is 43.3. The Bertz CT molecular complexity index is 827. The number of rotatable bonds is 7. The van der Waals surface area contributed by atoms with Gasteiger partial charge < -0.3 is 10.1 Å². The van der Waals surface area contributed by atoms with Crippen LogP contribution < -0.4 is 5.32 Å². The average Bonchev–Trinajstić information content (AvgIpc) is 3.00. The van der Waals surface area contributed by atoms with Gasteiger partial charge in [0.25, 0.3) is 0 Å². The van der Waals surface area contributed by atoms with Gasteiger partial charge in [0.2, 0.25) is 5.91 Å². The van der Waals surface area contributed by atoms with Gasteiger partial charge in [-0.3, -0.25) is 9.59 Å². The molecule has 1 heterocycles. The predicted molar refractivity (Wildman–Crippen MR) is 98.3 cm³/mol. The molecule has 1 aromatic carbocycles. The molecule has 5 nitrogen and oxygen atoms in total. The molecule has 0 atom stereocenters. The molecule has 2 rings (SSSR count). The number of amides is 1. The highest BCUT2D eigenvalue weighted by Gasteiger charge is 2.33. The van der Waals surface area contributed by atoms with E-state index >= 15 is 0 Å². The number of thioether (sulfide) groups is 1. The number of alkyl halides is 3. The maximum Gasteiger partial charge on any atom is 0.417 e. The molecule has 0 saturated carbocycles. The van der Waals surface area contributed by atoms with Gasteiger partial charge in [0.05, 0.1) is 35.1 Å². The largest absolute Gasteiger partial charge is 0.466 e. The number of nitrogens with one attached hydrogen (secondary N) is 1. The quantitative estimate of drug-likeness (QED) is 0.503. The third-order valence-corrected chi connectivity index (χ3v) is 5.17. The van der Waals surface area contributed by atoms with E-state index in [0.29, 0.717) is 10.8 Å². The van der Waals surface area contributed by atoms with Crippen molar-refractivity contribution in [2.75, 3.05) is 17.7 Å². The minimum atomic E-state index is -4.56. The lowest BCUT2D eigenvalue weighted by molar-refractivity contribution is -0.142. The van der Waals surface area contributed by atoms with E-state index in [1.807, 2.05) is 0 Å². The summed E-state index contributed by atoms with van der Waals surface area (Å²) >= 11 is 7.64. The number of halogens is 4. The maximum absolute atomic E-state index is 12.8. The average molecular weight is 439 g/mol. The molecular weight excluding hydrogens is 425 g/mol. The van der Waals surface area contributed by atoms with E-state index in [2.05, 4.69) is 10.3 Å². The Balaban J connectivity index is 1.90. The zero-order valence-electron chi connectivity index (χ0n) is 13.9. The summed E-state index contributed by atoms with van der Waals surface area (Å²) in [6.07, 6.45) is -4.56. The molecule has 1 aromatic heterocycles. The van der Waals surface area contributed by atoms with Gasteiger partial charge in [-0.15, -0.1) is 23.1 Å². The standard InChI is InChI=1S/C16H14ClF3N2O3S2/c1-2-25-14(24)5-9-7-27-15(21-9)22-13(23)8-26-10-3-4-12(17)11(6-10)16(18,19)20/h3-4,6-7H,2,5,8H2,1H3,(H,21,22,23). The molecule has 2 aromatic rings. The van der Waals surface area contributed by atoms with E-state index in [4.69, 9.17) is 16.3 Å². The molecule has 0 fully saturated rings. The van der Waals surface area contributed by atoms with E-state index in [0.717, 1.165) is 35.2 Å². The Morgan fingerprint density at radius 3 is 2.78 bits per heavy atom. The van der Waals surface area contributed by atoms with Crippen LogP contribution in [0.15, 0.2) is 28.5 Å². The molecule has 0 saturated heterocycles. The van der Waals surface area contributed by atoms with Crippen LogP contribution in [0.3, 0.4) is 0 Å². The Labute approximate surface area is 166 Å². The molecule has 0 radical (unpaired) electrons. The van der Waals surface area contributed by atoms with Gasteiger partial charge in [0.1, 0.15) is 0 Å². The van der Waals surface area contributed by atoms with Crippen LogP contribution in [0.25, 0.3) is 0 Å². The molecule has 1 amide bonds. The van der Waals surface area contributed by atoms with E-state index in [1.54, 1.807) is 12.3 Å². The van der Waals surface area contributed by atoms with E-state index < -0.39 is 28.6 Å². The highest BCUT2D eigenvalue weighted by molar-refractivity contribution is 8.00. The number of hydrogen-bond acceptors (Lipinski definition) is 6. The van der Waals surface area contributed by atoms with Crippen LogP contribution in [0.2, 0.25) is 5.02 Å². The van der Waals surface area contributed by atoms with Crippen LogP contribution in [-0.2, 0) is 26.9 Å². The second-order valence-electron chi connectivity index (χ2n) is 5.10. The van der Waals surface area contributed by atoms with E-state index in [9.17, 15) is 22.8 Å². The maximum atomic E-state index is 12.8. The minimum Gasteiger partial charge on any atom is -0.466 e. The topological polar surface area (TPSA) is 68.3 Å². The first-order valence-electron chi connectivity index (χ1n) is 7.58. The van der Waals surface area contributed by atoms with Gasteiger partial charge in [-0.25, -0.2) is 4.98 Å². The monoisotopic (exact) mass is 438 g/mol. The number of ether oxygens (including phenoxy) is 1. The van der Waals surface area contributed by atoms with Crippen molar-refractivity contribution in [2.45, 2.75) is 24.4 Å². The Hall–Kier alpha value is -1.78. The van der Waals surface area contributed by atoms with Gasteiger partial charge in [-0.05, 0) is 25.1 Å². The Morgan fingerprint density at radius 1 is 1.37 bits per heavy atom. The Kier molecular flexibility index (Phi) is 7.51. The summed E-state index contributed by atoms with van der Waals surface area (Å²) in [7, 11) is 0. The third-order valence-electron chi connectivity index (χ3n) is 3.04. The SMILES string of the molecule is CCOC(=O)Cc1csc(NC(=O)CSc2ccc(Cl)c(C(F)(F)F)c2)n1. The molecule has 0 aliphatic rings. The van der Waals surface area contributed by atoms with Gasteiger partial charge in [0, 0.05) is 10.3 Å². The number of esters is 1. The van der Waals surface area contributed by atoms with Gasteiger partial charge in [-0.2, -0.15) is 13.2 Å². The summed E-state index contributed by atoms with van der Waals surface area (Å²) in [4.78, 5) is 27.7. The number of carbonyl (C=O) groups excluding carboxylic acids is 2. The van der Waals surface area contributed by atoms with E-state index in [-0.39, 0.29) is 23.7 Å². The Morgan fingerprint density at radius 2 is 2.11 bits per heavy atom.